The molecule has 7 heteroatoms. The number of hydrogen-bond donors (Lipinski definition) is 2. The summed E-state index contributed by atoms with van der Waals surface area (Å²) in [4.78, 5) is 23.5. The standard InChI is InChI=1S/C21H21N5O2/c1-28-16-7-4-6-15(14-16)17-9-10-18-20(24-17)26(13-5-12-22-18)21(27)25-19-8-2-3-11-23-19/h2-4,6-11,14,22H,5,12-13H2,1H3,(H,23,25,27). The number of aromatic nitrogens is 2. The number of nitrogens with one attached hydrogen (secondary N) is 2. The molecule has 2 amide bonds. The fourth-order valence-corrected chi connectivity index (χ4v) is 3.11. The minimum Gasteiger partial charge on any atom is -0.497 e. The Labute approximate surface area is 163 Å². The molecule has 2 aromatic heterocycles. The molecule has 3 heterocycles. The summed E-state index contributed by atoms with van der Waals surface area (Å²) in [5, 5.41) is 6.20. The summed E-state index contributed by atoms with van der Waals surface area (Å²) in [5.74, 6) is 1.87. The number of carbonyl (C=O) groups is 1. The number of fused-ring (bicyclic) bond motifs is 1. The molecule has 0 aliphatic carbocycles. The Morgan fingerprint density at radius 2 is 2.11 bits per heavy atom. The molecule has 28 heavy (non-hydrogen) atoms. The molecular formula is C21H21N5O2. The molecule has 0 bridgehead atoms. The quantitative estimate of drug-likeness (QED) is 0.723. The second-order valence-corrected chi connectivity index (χ2v) is 6.38. The van der Waals surface area contributed by atoms with Crippen LogP contribution < -0.4 is 20.3 Å². The number of anilines is 3. The van der Waals surface area contributed by atoms with E-state index in [2.05, 4.69) is 15.6 Å². The van der Waals surface area contributed by atoms with Gasteiger partial charge in [0.15, 0.2) is 5.82 Å². The van der Waals surface area contributed by atoms with Crippen molar-refractivity contribution in [2.75, 3.05) is 35.7 Å². The molecular weight excluding hydrogens is 354 g/mol. The Morgan fingerprint density at radius 1 is 1.18 bits per heavy atom. The van der Waals surface area contributed by atoms with Crippen LogP contribution in [0.3, 0.4) is 0 Å². The van der Waals surface area contributed by atoms with Crippen molar-refractivity contribution in [2.24, 2.45) is 0 Å². The third-order valence-electron chi connectivity index (χ3n) is 4.52. The molecule has 0 saturated carbocycles. The van der Waals surface area contributed by atoms with Crippen LogP contribution in [0.25, 0.3) is 11.3 Å². The van der Waals surface area contributed by atoms with Gasteiger partial charge in [-0.3, -0.25) is 10.2 Å². The summed E-state index contributed by atoms with van der Waals surface area (Å²) in [6.07, 6.45) is 2.47. The Morgan fingerprint density at radius 3 is 2.93 bits per heavy atom. The van der Waals surface area contributed by atoms with Crippen molar-refractivity contribution < 1.29 is 9.53 Å². The second-order valence-electron chi connectivity index (χ2n) is 6.38. The first-order chi connectivity index (χ1) is 13.7. The predicted octanol–water partition coefficient (Wildman–Crippen LogP) is 4.01. The number of amides is 2. The van der Waals surface area contributed by atoms with Crippen molar-refractivity contribution >= 4 is 23.4 Å². The summed E-state index contributed by atoms with van der Waals surface area (Å²) in [5.41, 5.74) is 2.54. The molecule has 1 aliphatic heterocycles. The zero-order valence-electron chi connectivity index (χ0n) is 15.6. The van der Waals surface area contributed by atoms with E-state index >= 15 is 0 Å². The summed E-state index contributed by atoms with van der Waals surface area (Å²) in [6, 6.07) is 16.8. The van der Waals surface area contributed by atoms with E-state index < -0.39 is 0 Å². The Bertz CT molecular complexity index is 978. The maximum atomic E-state index is 12.9. The number of pyridine rings is 2. The van der Waals surface area contributed by atoms with Gasteiger partial charge in [-0.25, -0.2) is 14.8 Å². The van der Waals surface area contributed by atoms with E-state index in [0.717, 1.165) is 35.7 Å². The molecule has 0 fully saturated rings. The summed E-state index contributed by atoms with van der Waals surface area (Å²) in [7, 11) is 1.64. The topological polar surface area (TPSA) is 79.4 Å². The lowest BCUT2D eigenvalue weighted by Crippen LogP contribution is -2.36. The third kappa shape index (κ3) is 3.73. The van der Waals surface area contributed by atoms with Gasteiger partial charge in [0.1, 0.15) is 11.6 Å². The highest BCUT2D eigenvalue weighted by atomic mass is 16.5. The molecule has 0 radical (unpaired) electrons. The van der Waals surface area contributed by atoms with Gasteiger partial charge in [-0.15, -0.1) is 0 Å². The average molecular weight is 375 g/mol. The maximum Gasteiger partial charge on any atom is 0.328 e. The van der Waals surface area contributed by atoms with Gasteiger partial charge in [-0.1, -0.05) is 18.2 Å². The van der Waals surface area contributed by atoms with Crippen molar-refractivity contribution in [1.82, 2.24) is 9.97 Å². The van der Waals surface area contributed by atoms with Gasteiger partial charge < -0.3 is 10.1 Å². The van der Waals surface area contributed by atoms with Crippen LogP contribution in [-0.2, 0) is 0 Å². The van der Waals surface area contributed by atoms with Crippen LogP contribution in [0.1, 0.15) is 6.42 Å². The number of urea groups is 1. The molecule has 3 aromatic rings. The largest absolute Gasteiger partial charge is 0.497 e. The minimum atomic E-state index is -0.251. The Kier molecular flexibility index (Phi) is 5.05. The zero-order valence-corrected chi connectivity index (χ0v) is 15.6. The number of nitrogens with zero attached hydrogens (tertiary/aromatic N) is 3. The molecule has 4 rings (SSSR count). The lowest BCUT2D eigenvalue weighted by atomic mass is 10.1. The molecule has 1 aliphatic rings. The zero-order chi connectivity index (χ0) is 19.3. The molecule has 0 spiro atoms. The van der Waals surface area contributed by atoms with Gasteiger partial charge in [0.2, 0.25) is 0 Å². The summed E-state index contributed by atoms with van der Waals surface area (Å²) < 4.78 is 5.31. The number of hydrogen-bond acceptors (Lipinski definition) is 5. The van der Waals surface area contributed by atoms with Gasteiger partial charge in [-0.05, 0) is 42.8 Å². The first-order valence-electron chi connectivity index (χ1n) is 9.13. The van der Waals surface area contributed by atoms with E-state index in [4.69, 9.17) is 9.72 Å². The summed E-state index contributed by atoms with van der Waals surface area (Å²) in [6.45, 7) is 1.34. The van der Waals surface area contributed by atoms with Crippen LogP contribution >= 0.6 is 0 Å². The molecule has 1 aromatic carbocycles. The number of benzene rings is 1. The number of rotatable bonds is 3. The molecule has 2 N–H and O–H groups in total. The van der Waals surface area contributed by atoms with E-state index in [0.29, 0.717) is 18.2 Å². The van der Waals surface area contributed by atoms with Crippen molar-refractivity contribution in [2.45, 2.75) is 6.42 Å². The van der Waals surface area contributed by atoms with Crippen LogP contribution in [0, 0.1) is 0 Å². The van der Waals surface area contributed by atoms with E-state index in [1.165, 1.54) is 0 Å². The average Bonchev–Trinajstić information content (AvgIpc) is 2.96. The van der Waals surface area contributed by atoms with Crippen LogP contribution in [0.5, 0.6) is 5.75 Å². The van der Waals surface area contributed by atoms with Crippen molar-refractivity contribution in [3.05, 3.63) is 60.8 Å². The van der Waals surface area contributed by atoms with Crippen molar-refractivity contribution in [3.63, 3.8) is 0 Å². The lowest BCUT2D eigenvalue weighted by Gasteiger charge is -2.22. The molecule has 7 nitrogen and oxygen atoms in total. The van der Waals surface area contributed by atoms with E-state index in [-0.39, 0.29) is 6.03 Å². The minimum absolute atomic E-state index is 0.251. The lowest BCUT2D eigenvalue weighted by molar-refractivity contribution is 0.256. The van der Waals surface area contributed by atoms with E-state index in [9.17, 15) is 4.79 Å². The van der Waals surface area contributed by atoms with Crippen LogP contribution in [-0.4, -0.2) is 36.2 Å². The Balaban J connectivity index is 1.68. The smallest absolute Gasteiger partial charge is 0.328 e. The van der Waals surface area contributed by atoms with E-state index in [1.807, 2.05) is 48.5 Å². The predicted molar refractivity (Wildman–Crippen MR) is 110 cm³/mol. The third-order valence-corrected chi connectivity index (χ3v) is 4.52. The van der Waals surface area contributed by atoms with Crippen molar-refractivity contribution in [3.8, 4) is 17.0 Å². The number of methoxy groups -OCH3 is 1. The normalized spacial score (nSPS) is 13.1. The highest BCUT2D eigenvalue weighted by Crippen LogP contribution is 2.31. The monoisotopic (exact) mass is 375 g/mol. The first kappa shape index (κ1) is 17.8. The van der Waals surface area contributed by atoms with Gasteiger partial charge >= 0.3 is 6.03 Å². The SMILES string of the molecule is COc1cccc(-c2ccc3c(n2)N(C(=O)Nc2ccccn2)CCCN3)c1. The van der Waals surface area contributed by atoms with Crippen LogP contribution in [0.15, 0.2) is 60.8 Å². The summed E-state index contributed by atoms with van der Waals surface area (Å²) >= 11 is 0. The highest BCUT2D eigenvalue weighted by molar-refractivity contribution is 6.02. The van der Waals surface area contributed by atoms with Gasteiger partial charge in [0.25, 0.3) is 0 Å². The van der Waals surface area contributed by atoms with Crippen LogP contribution in [0.2, 0.25) is 0 Å². The fraction of sp³-hybridized carbons (Fsp3) is 0.190. The van der Waals surface area contributed by atoms with Crippen molar-refractivity contribution in [1.29, 1.82) is 0 Å². The highest BCUT2D eigenvalue weighted by Gasteiger charge is 2.23. The fourth-order valence-electron chi connectivity index (χ4n) is 3.11. The molecule has 0 saturated heterocycles. The molecule has 0 atom stereocenters. The van der Waals surface area contributed by atoms with E-state index in [1.54, 1.807) is 24.3 Å². The van der Waals surface area contributed by atoms with Crippen LogP contribution in [0.4, 0.5) is 22.1 Å². The second kappa shape index (κ2) is 7.96. The molecule has 142 valence electrons. The molecule has 0 unspecified atom stereocenters. The van der Waals surface area contributed by atoms with Gasteiger partial charge in [0.05, 0.1) is 18.5 Å². The number of ether oxygens (including phenoxy) is 1. The first-order valence-corrected chi connectivity index (χ1v) is 9.13. The van der Waals surface area contributed by atoms with Gasteiger partial charge in [-0.2, -0.15) is 0 Å². The van der Waals surface area contributed by atoms with Gasteiger partial charge in [0, 0.05) is 24.8 Å². The Hall–Kier alpha value is -3.61. The maximum absolute atomic E-state index is 12.9. The number of carbonyl (C=O) groups excluding carboxylic acids is 1.